The molecule has 194 valence electrons. The lowest BCUT2D eigenvalue weighted by atomic mass is 10.2. The molecule has 0 radical (unpaired) electrons. The Kier molecular flexibility index (Phi) is 9.52. The zero-order valence-corrected chi connectivity index (χ0v) is 19.6. The molecular formula is C24H20N6O8. The molecule has 2 amide bonds. The van der Waals surface area contributed by atoms with Crippen LogP contribution in [0.25, 0.3) is 0 Å². The quantitative estimate of drug-likeness (QED) is 0.207. The minimum atomic E-state index is -0.519. The van der Waals surface area contributed by atoms with Gasteiger partial charge in [-0.15, -0.1) is 0 Å². The van der Waals surface area contributed by atoms with Crippen LogP contribution in [0.15, 0.2) is 83.0 Å². The van der Waals surface area contributed by atoms with Crippen LogP contribution in [-0.2, 0) is 9.59 Å². The van der Waals surface area contributed by atoms with E-state index >= 15 is 0 Å². The number of hydrazone groups is 2. The maximum atomic E-state index is 11.9. The predicted octanol–water partition coefficient (Wildman–Crippen LogP) is 2.56. The highest BCUT2D eigenvalue weighted by Gasteiger charge is 2.06. The Morgan fingerprint density at radius 1 is 0.658 bits per heavy atom. The molecule has 0 spiro atoms. The molecule has 0 fully saturated rings. The second-order valence-corrected chi connectivity index (χ2v) is 7.33. The number of nitro benzene ring substituents is 2. The average Bonchev–Trinajstić information content (AvgIpc) is 2.92. The molecule has 0 heterocycles. The van der Waals surface area contributed by atoms with Gasteiger partial charge in [0.2, 0.25) is 0 Å². The number of non-ortho nitro benzene ring substituents is 2. The van der Waals surface area contributed by atoms with E-state index in [9.17, 15) is 29.8 Å². The molecule has 38 heavy (non-hydrogen) atoms. The minimum Gasteiger partial charge on any atom is -0.484 e. The van der Waals surface area contributed by atoms with Gasteiger partial charge in [0.1, 0.15) is 11.5 Å². The van der Waals surface area contributed by atoms with Crippen LogP contribution in [0, 0.1) is 20.2 Å². The average molecular weight is 520 g/mol. The third-order valence-corrected chi connectivity index (χ3v) is 4.58. The number of nitrogens with one attached hydrogen (secondary N) is 2. The smallest absolute Gasteiger partial charge is 0.277 e. The van der Waals surface area contributed by atoms with Gasteiger partial charge in [0.25, 0.3) is 23.2 Å². The lowest BCUT2D eigenvalue weighted by Gasteiger charge is -2.07. The summed E-state index contributed by atoms with van der Waals surface area (Å²) in [4.78, 5) is 44.0. The molecule has 0 aliphatic heterocycles. The number of hydrogen-bond acceptors (Lipinski definition) is 10. The molecule has 0 aliphatic rings. The number of benzene rings is 3. The summed E-state index contributed by atoms with van der Waals surface area (Å²) >= 11 is 0. The molecule has 0 aromatic heterocycles. The van der Waals surface area contributed by atoms with Crippen molar-refractivity contribution in [3.8, 4) is 11.5 Å². The van der Waals surface area contributed by atoms with Crippen molar-refractivity contribution in [2.45, 2.75) is 0 Å². The second kappa shape index (κ2) is 13.4. The molecule has 0 atom stereocenters. The van der Waals surface area contributed by atoms with Crippen molar-refractivity contribution in [3.05, 3.63) is 104 Å². The lowest BCUT2D eigenvalue weighted by Crippen LogP contribution is -2.25. The first-order valence-electron chi connectivity index (χ1n) is 10.8. The first kappa shape index (κ1) is 26.9. The van der Waals surface area contributed by atoms with Crippen molar-refractivity contribution in [3.63, 3.8) is 0 Å². The Morgan fingerprint density at radius 2 is 1.00 bits per heavy atom. The SMILES string of the molecule is O=C(COc1ccc(OCC(=O)NN=Cc2ccc([N+](=O)[O-])cc2)cc1)NN=Cc1ccc([N+](=O)[O-])cc1. The Morgan fingerprint density at radius 3 is 1.32 bits per heavy atom. The number of rotatable bonds is 12. The molecule has 0 saturated heterocycles. The van der Waals surface area contributed by atoms with Crippen LogP contribution in [0.5, 0.6) is 11.5 Å². The van der Waals surface area contributed by atoms with E-state index in [4.69, 9.17) is 9.47 Å². The molecule has 14 heteroatoms. The number of amides is 2. The van der Waals surface area contributed by atoms with Gasteiger partial charge in [-0.2, -0.15) is 10.2 Å². The fourth-order valence-corrected chi connectivity index (χ4v) is 2.72. The third-order valence-electron chi connectivity index (χ3n) is 4.58. The van der Waals surface area contributed by atoms with Gasteiger partial charge in [0.15, 0.2) is 13.2 Å². The van der Waals surface area contributed by atoms with Gasteiger partial charge in [0, 0.05) is 24.3 Å². The topological polar surface area (TPSA) is 188 Å². The molecule has 3 rings (SSSR count). The molecule has 0 aliphatic carbocycles. The number of hydrogen-bond donors (Lipinski definition) is 2. The van der Waals surface area contributed by atoms with Crippen LogP contribution >= 0.6 is 0 Å². The van der Waals surface area contributed by atoms with Gasteiger partial charge in [-0.1, -0.05) is 0 Å². The van der Waals surface area contributed by atoms with Crippen LogP contribution < -0.4 is 20.3 Å². The maximum absolute atomic E-state index is 11.9. The normalized spacial score (nSPS) is 10.7. The summed E-state index contributed by atoms with van der Waals surface area (Å²) in [6.45, 7) is -0.625. The summed E-state index contributed by atoms with van der Waals surface area (Å²) < 4.78 is 10.7. The van der Waals surface area contributed by atoms with Gasteiger partial charge in [0.05, 0.1) is 22.3 Å². The summed E-state index contributed by atoms with van der Waals surface area (Å²) in [5.74, 6) is -0.281. The summed E-state index contributed by atoms with van der Waals surface area (Å²) in [6, 6.07) is 17.5. The fraction of sp³-hybridized carbons (Fsp3) is 0.0833. The molecule has 14 nitrogen and oxygen atoms in total. The van der Waals surface area contributed by atoms with Crippen LogP contribution in [-0.4, -0.2) is 47.3 Å². The summed E-state index contributed by atoms with van der Waals surface area (Å²) in [7, 11) is 0. The van der Waals surface area contributed by atoms with Crippen LogP contribution in [0.4, 0.5) is 11.4 Å². The zero-order chi connectivity index (χ0) is 27.3. The highest BCUT2D eigenvalue weighted by atomic mass is 16.6. The van der Waals surface area contributed by atoms with Crippen molar-refractivity contribution >= 4 is 35.6 Å². The van der Waals surface area contributed by atoms with Crippen LogP contribution in [0.1, 0.15) is 11.1 Å². The molecule has 0 bridgehead atoms. The molecular weight excluding hydrogens is 500 g/mol. The van der Waals surface area contributed by atoms with Gasteiger partial charge >= 0.3 is 0 Å². The van der Waals surface area contributed by atoms with E-state index < -0.39 is 21.7 Å². The Labute approximate surface area is 214 Å². The first-order valence-corrected chi connectivity index (χ1v) is 10.8. The second-order valence-electron chi connectivity index (χ2n) is 7.33. The first-order chi connectivity index (χ1) is 18.3. The molecule has 3 aromatic rings. The number of nitrogens with zero attached hydrogens (tertiary/aromatic N) is 4. The van der Waals surface area contributed by atoms with E-state index in [1.54, 1.807) is 24.3 Å². The summed E-state index contributed by atoms with van der Waals surface area (Å²) in [5, 5.41) is 28.8. The Bertz CT molecular complexity index is 1240. The molecule has 3 aromatic carbocycles. The zero-order valence-electron chi connectivity index (χ0n) is 19.6. The molecule has 2 N–H and O–H groups in total. The number of ether oxygens (including phenoxy) is 2. The standard InChI is InChI=1S/C24H20N6O8/c31-23(27-25-13-17-1-5-19(6-2-17)29(33)34)15-37-21-9-11-22(12-10-21)38-16-24(32)28-26-14-18-3-7-20(8-4-18)30(35)36/h1-14H,15-16H2,(H,27,31)(H,28,32). The van der Waals surface area contributed by atoms with Crippen molar-refractivity contribution in [1.82, 2.24) is 10.9 Å². The molecule has 0 unspecified atom stereocenters. The largest absolute Gasteiger partial charge is 0.484 e. The van der Waals surface area contributed by atoms with E-state index in [-0.39, 0.29) is 24.6 Å². The maximum Gasteiger partial charge on any atom is 0.277 e. The summed E-state index contributed by atoms with van der Waals surface area (Å²) in [5.41, 5.74) is 5.59. The minimum absolute atomic E-state index is 0.0507. The number of carbonyl (C=O) groups is 2. The fourth-order valence-electron chi connectivity index (χ4n) is 2.72. The van der Waals surface area contributed by atoms with Gasteiger partial charge < -0.3 is 9.47 Å². The van der Waals surface area contributed by atoms with Crippen LogP contribution in [0.2, 0.25) is 0 Å². The monoisotopic (exact) mass is 520 g/mol. The van der Waals surface area contributed by atoms with Crippen molar-refractivity contribution < 1.29 is 28.9 Å². The van der Waals surface area contributed by atoms with Gasteiger partial charge in [-0.3, -0.25) is 29.8 Å². The number of nitro groups is 2. The highest BCUT2D eigenvalue weighted by molar-refractivity contribution is 5.84. The van der Waals surface area contributed by atoms with Gasteiger partial charge in [-0.05, 0) is 59.7 Å². The van der Waals surface area contributed by atoms with Crippen molar-refractivity contribution in [1.29, 1.82) is 0 Å². The number of carbonyl (C=O) groups excluding carboxylic acids is 2. The van der Waals surface area contributed by atoms with Crippen LogP contribution in [0.3, 0.4) is 0 Å². The van der Waals surface area contributed by atoms with Gasteiger partial charge in [-0.25, -0.2) is 10.9 Å². The van der Waals surface area contributed by atoms with Crippen molar-refractivity contribution in [2.75, 3.05) is 13.2 Å². The highest BCUT2D eigenvalue weighted by Crippen LogP contribution is 2.17. The lowest BCUT2D eigenvalue weighted by molar-refractivity contribution is -0.385. The predicted molar refractivity (Wildman–Crippen MR) is 135 cm³/mol. The summed E-state index contributed by atoms with van der Waals surface area (Å²) in [6.07, 6.45) is 2.68. The Hall–Kier alpha value is -5.66. The van der Waals surface area contributed by atoms with Crippen molar-refractivity contribution in [2.24, 2.45) is 10.2 Å². The van der Waals surface area contributed by atoms with E-state index in [0.29, 0.717) is 22.6 Å². The van der Waals surface area contributed by atoms with E-state index in [0.717, 1.165) is 0 Å². The van der Waals surface area contributed by atoms with E-state index in [2.05, 4.69) is 21.1 Å². The van der Waals surface area contributed by atoms with E-state index in [1.807, 2.05) is 0 Å². The van der Waals surface area contributed by atoms with E-state index in [1.165, 1.54) is 61.0 Å². The Balaban J connectivity index is 1.35. The third kappa shape index (κ3) is 8.84. The molecule has 0 saturated carbocycles.